The number of hydrogen-bond acceptors (Lipinski definition) is 5. The van der Waals surface area contributed by atoms with Gasteiger partial charge in [-0.2, -0.15) is 0 Å². The molecule has 1 saturated heterocycles. The summed E-state index contributed by atoms with van der Waals surface area (Å²) < 4.78 is 0. The lowest BCUT2D eigenvalue weighted by atomic mass is 9.64. The van der Waals surface area contributed by atoms with Gasteiger partial charge in [0.15, 0.2) is 0 Å². The second-order valence-electron chi connectivity index (χ2n) is 17.1. The van der Waals surface area contributed by atoms with Gasteiger partial charge < -0.3 is 25.3 Å². The molecule has 2 unspecified atom stereocenters. The molecule has 1 heterocycles. The lowest BCUT2D eigenvalue weighted by Gasteiger charge is -2.48. The van der Waals surface area contributed by atoms with Gasteiger partial charge >= 0.3 is 0 Å². The zero-order valence-corrected chi connectivity index (χ0v) is 31.9. The van der Waals surface area contributed by atoms with Gasteiger partial charge in [0, 0.05) is 60.7 Å². The van der Waals surface area contributed by atoms with Crippen molar-refractivity contribution in [1.82, 2.24) is 20.0 Å². The zero-order chi connectivity index (χ0) is 35.9. The van der Waals surface area contributed by atoms with E-state index in [-0.39, 0.29) is 40.0 Å². The van der Waals surface area contributed by atoms with Crippen LogP contribution in [0.25, 0.3) is 0 Å². The standard InChI is InChI=1S/C41H67N5O2/c1-30-35(40(7,8)9)28-37(47)46(30)27-15-13-14-26-45(12)32(3)41(23-17-24-41)31(2)42-36(18-16-25-44(10)11)38(48)43-34-21-19-33(20-22-34)29-39(4,5)6/h19-22,35-36,42H,1-3,13-18,23-29H2,4-12H3,(H,43,48). The Labute approximate surface area is 293 Å². The van der Waals surface area contributed by atoms with Crippen molar-refractivity contribution in [3.63, 3.8) is 0 Å². The molecule has 0 aromatic heterocycles. The number of carbonyl (C=O) groups excluding carboxylic acids is 2. The van der Waals surface area contributed by atoms with Gasteiger partial charge in [-0.05, 0) is 101 Å². The fourth-order valence-corrected chi connectivity index (χ4v) is 7.19. The Hall–Kier alpha value is -3.06. The fourth-order valence-electron chi connectivity index (χ4n) is 7.19. The maximum absolute atomic E-state index is 13.7. The molecule has 1 aromatic rings. The second kappa shape index (κ2) is 16.6. The van der Waals surface area contributed by atoms with Gasteiger partial charge in [-0.1, -0.05) is 79.8 Å². The van der Waals surface area contributed by atoms with Crippen LogP contribution in [0.1, 0.15) is 105 Å². The van der Waals surface area contributed by atoms with E-state index in [1.165, 1.54) is 5.56 Å². The number of benzene rings is 1. The number of rotatable bonds is 18. The Balaban J connectivity index is 1.56. The summed E-state index contributed by atoms with van der Waals surface area (Å²) in [6.07, 6.45) is 9.29. The molecular formula is C41H67N5O2. The Morgan fingerprint density at radius 3 is 2.15 bits per heavy atom. The summed E-state index contributed by atoms with van der Waals surface area (Å²) in [6.45, 7) is 29.2. The summed E-state index contributed by atoms with van der Waals surface area (Å²) >= 11 is 0. The molecule has 268 valence electrons. The van der Waals surface area contributed by atoms with Crippen LogP contribution >= 0.6 is 0 Å². The van der Waals surface area contributed by atoms with E-state index < -0.39 is 0 Å². The molecule has 2 fully saturated rings. The summed E-state index contributed by atoms with van der Waals surface area (Å²) in [4.78, 5) is 32.7. The number of allylic oxidation sites excluding steroid dienone is 1. The van der Waals surface area contributed by atoms with E-state index in [2.05, 4.69) is 115 Å². The normalized spacial score (nSPS) is 18.5. The number of carbonyl (C=O) groups is 2. The number of nitrogens with zero attached hydrogens (tertiary/aromatic N) is 3. The van der Waals surface area contributed by atoms with Crippen molar-refractivity contribution in [1.29, 1.82) is 0 Å². The molecule has 0 radical (unpaired) electrons. The SMILES string of the molecule is C=C1C(C(C)(C)C)CC(=O)N1CCCCCN(C)C(=C)C1(C(=C)NC(CCCN(C)C)C(=O)Nc2ccc(CC(C)(C)C)cc2)CCC1. The zero-order valence-electron chi connectivity index (χ0n) is 31.9. The quantitative estimate of drug-likeness (QED) is 0.155. The van der Waals surface area contributed by atoms with E-state index in [1.54, 1.807) is 0 Å². The van der Waals surface area contributed by atoms with Gasteiger partial charge in [0.25, 0.3) is 0 Å². The summed E-state index contributed by atoms with van der Waals surface area (Å²) in [5.41, 5.74) is 5.06. The van der Waals surface area contributed by atoms with Gasteiger partial charge in [-0.15, -0.1) is 0 Å². The van der Waals surface area contributed by atoms with Gasteiger partial charge in [0.1, 0.15) is 6.04 Å². The molecule has 0 spiro atoms. The first-order valence-electron chi connectivity index (χ1n) is 18.2. The minimum atomic E-state index is -0.386. The van der Waals surface area contributed by atoms with Crippen LogP contribution in [0.4, 0.5) is 5.69 Å². The monoisotopic (exact) mass is 662 g/mol. The molecule has 48 heavy (non-hydrogen) atoms. The van der Waals surface area contributed by atoms with Gasteiger partial charge in [-0.3, -0.25) is 9.59 Å². The number of anilines is 1. The van der Waals surface area contributed by atoms with Crippen LogP contribution in [0.2, 0.25) is 0 Å². The number of hydrogen-bond donors (Lipinski definition) is 2. The summed E-state index contributed by atoms with van der Waals surface area (Å²) in [7, 11) is 6.25. The van der Waals surface area contributed by atoms with Crippen molar-refractivity contribution in [3.8, 4) is 0 Å². The third-order valence-electron chi connectivity index (χ3n) is 10.4. The van der Waals surface area contributed by atoms with Gasteiger partial charge in [-0.25, -0.2) is 0 Å². The molecule has 2 N–H and O–H groups in total. The minimum Gasteiger partial charge on any atom is -0.378 e. The van der Waals surface area contributed by atoms with E-state index in [0.29, 0.717) is 12.8 Å². The Morgan fingerprint density at radius 1 is 0.979 bits per heavy atom. The average Bonchev–Trinajstić information content (AvgIpc) is 3.24. The largest absolute Gasteiger partial charge is 0.378 e. The third kappa shape index (κ3) is 10.7. The second-order valence-corrected chi connectivity index (χ2v) is 17.1. The van der Waals surface area contributed by atoms with Gasteiger partial charge in [0.2, 0.25) is 11.8 Å². The Kier molecular flexibility index (Phi) is 13.6. The van der Waals surface area contributed by atoms with E-state index in [1.807, 2.05) is 17.0 Å². The maximum Gasteiger partial charge on any atom is 0.246 e. The highest BCUT2D eigenvalue weighted by Crippen LogP contribution is 2.51. The summed E-state index contributed by atoms with van der Waals surface area (Å²) in [5, 5.41) is 6.77. The van der Waals surface area contributed by atoms with Crippen molar-refractivity contribution in [2.24, 2.45) is 22.2 Å². The predicted molar refractivity (Wildman–Crippen MR) is 202 cm³/mol. The molecule has 3 rings (SSSR count). The van der Waals surface area contributed by atoms with Crippen LogP contribution in [0, 0.1) is 22.2 Å². The van der Waals surface area contributed by atoms with E-state index in [0.717, 1.165) is 93.8 Å². The molecule has 0 bridgehead atoms. The molecule has 1 saturated carbocycles. The molecule has 7 heteroatoms. The number of amides is 2. The van der Waals surface area contributed by atoms with E-state index in [4.69, 9.17) is 0 Å². The average molecular weight is 662 g/mol. The highest BCUT2D eigenvalue weighted by molar-refractivity contribution is 5.95. The smallest absolute Gasteiger partial charge is 0.246 e. The molecule has 2 atom stereocenters. The fraction of sp³-hybridized carbons (Fsp3) is 0.659. The van der Waals surface area contributed by atoms with Crippen molar-refractivity contribution in [3.05, 3.63) is 66.7 Å². The molecule has 1 aliphatic heterocycles. The molecule has 2 aliphatic rings. The lowest BCUT2D eigenvalue weighted by molar-refractivity contribution is -0.127. The van der Waals surface area contributed by atoms with Crippen LogP contribution < -0.4 is 10.6 Å². The Morgan fingerprint density at radius 2 is 1.62 bits per heavy atom. The lowest BCUT2D eigenvalue weighted by Crippen LogP contribution is -2.48. The highest BCUT2D eigenvalue weighted by Gasteiger charge is 2.45. The first-order valence-corrected chi connectivity index (χ1v) is 18.2. The van der Waals surface area contributed by atoms with E-state index >= 15 is 0 Å². The first kappa shape index (κ1) is 39.4. The summed E-state index contributed by atoms with van der Waals surface area (Å²) in [6, 6.07) is 7.86. The first-order chi connectivity index (χ1) is 22.3. The van der Waals surface area contributed by atoms with Crippen molar-refractivity contribution < 1.29 is 9.59 Å². The van der Waals surface area contributed by atoms with Crippen LogP contribution in [-0.4, -0.2) is 73.3 Å². The van der Waals surface area contributed by atoms with Crippen LogP contribution in [0.15, 0.2) is 61.1 Å². The number of nitrogens with one attached hydrogen (secondary N) is 2. The topological polar surface area (TPSA) is 67.9 Å². The van der Waals surface area contributed by atoms with Crippen molar-refractivity contribution in [2.45, 2.75) is 112 Å². The predicted octanol–water partition coefficient (Wildman–Crippen LogP) is 8.22. The molecule has 2 amide bonds. The van der Waals surface area contributed by atoms with Crippen LogP contribution in [0.5, 0.6) is 0 Å². The molecular weight excluding hydrogens is 594 g/mol. The highest BCUT2D eigenvalue weighted by atomic mass is 16.2. The van der Waals surface area contributed by atoms with Gasteiger partial charge in [0.05, 0.1) is 0 Å². The van der Waals surface area contributed by atoms with Crippen molar-refractivity contribution >= 4 is 17.5 Å². The van der Waals surface area contributed by atoms with Crippen molar-refractivity contribution in [2.75, 3.05) is 46.1 Å². The van der Waals surface area contributed by atoms with E-state index in [9.17, 15) is 9.59 Å². The van der Waals surface area contributed by atoms with Crippen LogP contribution in [0.3, 0.4) is 0 Å². The molecule has 1 aromatic carbocycles. The maximum atomic E-state index is 13.7. The Bertz CT molecular complexity index is 1280. The summed E-state index contributed by atoms with van der Waals surface area (Å²) in [5.74, 6) is 0.411. The number of likely N-dealkylation sites (tertiary alicyclic amines) is 1. The molecule has 7 nitrogen and oxygen atoms in total. The third-order valence-corrected chi connectivity index (χ3v) is 10.4. The van der Waals surface area contributed by atoms with Crippen LogP contribution in [-0.2, 0) is 16.0 Å². The number of unbranched alkanes of at least 4 members (excludes halogenated alkanes) is 2. The molecule has 1 aliphatic carbocycles. The minimum absolute atomic E-state index is 0.0279.